The fourth-order valence-electron chi connectivity index (χ4n) is 4.04. The summed E-state index contributed by atoms with van der Waals surface area (Å²) < 4.78 is 0. The lowest BCUT2D eigenvalue weighted by Gasteiger charge is -2.37. The quantitative estimate of drug-likeness (QED) is 0.862. The lowest BCUT2D eigenvalue weighted by Crippen LogP contribution is -2.51. The van der Waals surface area contributed by atoms with Crippen molar-refractivity contribution < 1.29 is 14.7 Å². The summed E-state index contributed by atoms with van der Waals surface area (Å²) in [6, 6.07) is 9.16. The summed E-state index contributed by atoms with van der Waals surface area (Å²) in [6.45, 7) is 1.19. The summed E-state index contributed by atoms with van der Waals surface area (Å²) >= 11 is 0. The van der Waals surface area contributed by atoms with Gasteiger partial charge < -0.3 is 15.3 Å². The number of nitrogens with one attached hydrogen (secondary N) is 1. The minimum atomic E-state index is -0.813. The number of benzene rings is 1. The Morgan fingerprint density at radius 2 is 1.84 bits per heavy atom. The van der Waals surface area contributed by atoms with Crippen LogP contribution in [0.5, 0.6) is 0 Å². The van der Waals surface area contributed by atoms with E-state index in [1.807, 2.05) is 23.1 Å². The summed E-state index contributed by atoms with van der Waals surface area (Å²) in [5.41, 5.74) is -0.178. The van der Waals surface area contributed by atoms with Crippen molar-refractivity contribution in [2.24, 2.45) is 0 Å². The molecular weight excluding hydrogens is 316 g/mol. The van der Waals surface area contributed by atoms with Gasteiger partial charge in [-0.05, 0) is 44.2 Å². The van der Waals surface area contributed by atoms with Crippen LogP contribution in [0.15, 0.2) is 30.3 Å². The number of hydrogen-bond acceptors (Lipinski definition) is 3. The Morgan fingerprint density at radius 1 is 1.12 bits per heavy atom. The zero-order valence-electron chi connectivity index (χ0n) is 14.7. The Kier molecular flexibility index (Phi) is 5.74. The Morgan fingerprint density at radius 3 is 2.56 bits per heavy atom. The maximum atomic E-state index is 12.7. The molecule has 1 aromatic carbocycles. The first-order chi connectivity index (χ1) is 12.1. The number of carbonyl (C=O) groups is 2. The SMILES string of the molecule is O=C(NCC1CCCCN1C(=O)CC1(O)CCCC1)c1ccccc1. The van der Waals surface area contributed by atoms with E-state index < -0.39 is 5.60 Å². The molecule has 1 saturated heterocycles. The van der Waals surface area contributed by atoms with Gasteiger partial charge in [0.25, 0.3) is 5.91 Å². The average molecular weight is 344 g/mol. The van der Waals surface area contributed by atoms with E-state index in [0.717, 1.165) is 51.5 Å². The molecule has 3 rings (SSSR count). The van der Waals surface area contributed by atoms with Crippen molar-refractivity contribution in [3.63, 3.8) is 0 Å². The molecule has 0 bridgehead atoms. The second kappa shape index (κ2) is 8.00. The van der Waals surface area contributed by atoms with Crippen LogP contribution in [0.2, 0.25) is 0 Å². The van der Waals surface area contributed by atoms with Gasteiger partial charge in [0.2, 0.25) is 5.91 Å². The minimum absolute atomic E-state index is 0.0268. The molecule has 1 aliphatic heterocycles. The molecule has 1 unspecified atom stereocenters. The predicted octanol–water partition coefficient (Wildman–Crippen LogP) is 2.49. The van der Waals surface area contributed by atoms with Crippen molar-refractivity contribution in [1.82, 2.24) is 10.2 Å². The summed E-state index contributed by atoms with van der Waals surface area (Å²) in [4.78, 5) is 26.9. The predicted molar refractivity (Wildman–Crippen MR) is 96.2 cm³/mol. The van der Waals surface area contributed by atoms with E-state index in [9.17, 15) is 14.7 Å². The van der Waals surface area contributed by atoms with Crippen LogP contribution in [0.3, 0.4) is 0 Å². The number of rotatable bonds is 5. The summed E-state index contributed by atoms with van der Waals surface area (Å²) in [7, 11) is 0. The largest absolute Gasteiger partial charge is 0.389 e. The Bertz CT molecular complexity index is 596. The third-order valence-electron chi connectivity index (χ3n) is 5.50. The number of piperidine rings is 1. The average Bonchev–Trinajstić information content (AvgIpc) is 3.06. The number of carbonyl (C=O) groups excluding carboxylic acids is 2. The van der Waals surface area contributed by atoms with E-state index in [4.69, 9.17) is 0 Å². The molecule has 0 aromatic heterocycles. The summed E-state index contributed by atoms with van der Waals surface area (Å²) in [6.07, 6.45) is 6.63. The van der Waals surface area contributed by atoms with Crippen molar-refractivity contribution in [2.75, 3.05) is 13.1 Å². The molecule has 25 heavy (non-hydrogen) atoms. The van der Waals surface area contributed by atoms with Crippen LogP contribution >= 0.6 is 0 Å². The number of hydrogen-bond donors (Lipinski definition) is 2. The molecule has 1 atom stereocenters. The van der Waals surface area contributed by atoms with Crippen molar-refractivity contribution in [3.05, 3.63) is 35.9 Å². The van der Waals surface area contributed by atoms with Crippen molar-refractivity contribution >= 4 is 11.8 Å². The lowest BCUT2D eigenvalue weighted by molar-refractivity contribution is -0.139. The molecule has 136 valence electrons. The van der Waals surface area contributed by atoms with Crippen LogP contribution in [0, 0.1) is 0 Å². The highest BCUT2D eigenvalue weighted by Gasteiger charge is 2.37. The third-order valence-corrected chi connectivity index (χ3v) is 5.50. The van der Waals surface area contributed by atoms with Gasteiger partial charge in [-0.15, -0.1) is 0 Å². The molecule has 5 nitrogen and oxygen atoms in total. The van der Waals surface area contributed by atoms with Gasteiger partial charge in [0.05, 0.1) is 12.0 Å². The Labute approximate surface area is 149 Å². The highest BCUT2D eigenvalue weighted by molar-refractivity contribution is 5.94. The van der Waals surface area contributed by atoms with Crippen LogP contribution < -0.4 is 5.32 Å². The standard InChI is InChI=1S/C20H28N2O3/c23-18(14-20(25)11-5-6-12-20)22-13-7-4-10-17(22)15-21-19(24)16-8-2-1-3-9-16/h1-3,8-9,17,25H,4-7,10-15H2,(H,21,24). The Balaban J connectivity index is 1.57. The monoisotopic (exact) mass is 344 g/mol. The van der Waals surface area contributed by atoms with Gasteiger partial charge in [0.15, 0.2) is 0 Å². The second-order valence-corrected chi connectivity index (χ2v) is 7.42. The highest BCUT2D eigenvalue weighted by atomic mass is 16.3. The lowest BCUT2D eigenvalue weighted by atomic mass is 9.95. The maximum Gasteiger partial charge on any atom is 0.251 e. The molecule has 2 fully saturated rings. The molecule has 1 heterocycles. The van der Waals surface area contributed by atoms with Crippen LogP contribution in [0.1, 0.15) is 61.7 Å². The molecular formula is C20H28N2O3. The van der Waals surface area contributed by atoms with Gasteiger partial charge in [0.1, 0.15) is 0 Å². The first kappa shape index (κ1) is 17.9. The molecule has 2 N–H and O–H groups in total. The van der Waals surface area contributed by atoms with Gasteiger partial charge in [-0.2, -0.15) is 0 Å². The van der Waals surface area contributed by atoms with Gasteiger partial charge in [-0.1, -0.05) is 31.0 Å². The van der Waals surface area contributed by atoms with Gasteiger partial charge in [-0.25, -0.2) is 0 Å². The van der Waals surface area contributed by atoms with Crippen LogP contribution in [-0.4, -0.2) is 46.6 Å². The van der Waals surface area contributed by atoms with E-state index >= 15 is 0 Å². The fraction of sp³-hybridized carbons (Fsp3) is 0.600. The van der Waals surface area contributed by atoms with Gasteiger partial charge in [-0.3, -0.25) is 9.59 Å². The minimum Gasteiger partial charge on any atom is -0.389 e. The van der Waals surface area contributed by atoms with Crippen LogP contribution in [0.25, 0.3) is 0 Å². The van der Waals surface area contributed by atoms with Crippen molar-refractivity contribution in [3.8, 4) is 0 Å². The highest BCUT2D eigenvalue weighted by Crippen LogP contribution is 2.33. The van der Waals surface area contributed by atoms with E-state index in [2.05, 4.69) is 5.32 Å². The molecule has 5 heteroatoms. The number of aliphatic hydroxyl groups is 1. The van der Waals surface area contributed by atoms with Crippen molar-refractivity contribution in [2.45, 2.75) is 63.0 Å². The molecule has 0 spiro atoms. The topological polar surface area (TPSA) is 69.6 Å². The van der Waals surface area contributed by atoms with E-state index in [-0.39, 0.29) is 24.3 Å². The second-order valence-electron chi connectivity index (χ2n) is 7.42. The molecule has 1 aliphatic carbocycles. The number of likely N-dealkylation sites (tertiary alicyclic amines) is 1. The molecule has 2 amide bonds. The molecule has 0 radical (unpaired) electrons. The van der Waals surface area contributed by atoms with E-state index in [0.29, 0.717) is 12.1 Å². The van der Waals surface area contributed by atoms with Gasteiger partial charge >= 0.3 is 0 Å². The number of nitrogens with zero attached hydrogens (tertiary/aromatic N) is 1. The van der Waals surface area contributed by atoms with Gasteiger partial charge in [0, 0.05) is 24.7 Å². The maximum absolute atomic E-state index is 12.7. The van der Waals surface area contributed by atoms with E-state index in [1.165, 1.54) is 0 Å². The molecule has 1 saturated carbocycles. The summed E-state index contributed by atoms with van der Waals surface area (Å²) in [5, 5.41) is 13.5. The first-order valence-electron chi connectivity index (χ1n) is 9.42. The first-order valence-corrected chi connectivity index (χ1v) is 9.42. The van der Waals surface area contributed by atoms with E-state index in [1.54, 1.807) is 12.1 Å². The molecule has 2 aliphatic rings. The zero-order valence-corrected chi connectivity index (χ0v) is 14.7. The van der Waals surface area contributed by atoms with Crippen molar-refractivity contribution in [1.29, 1.82) is 0 Å². The molecule has 1 aromatic rings. The third kappa shape index (κ3) is 4.60. The zero-order chi connectivity index (χ0) is 17.7. The number of amides is 2. The Hall–Kier alpha value is -1.88. The smallest absolute Gasteiger partial charge is 0.251 e. The summed E-state index contributed by atoms with van der Waals surface area (Å²) in [5.74, 6) is -0.0731. The van der Waals surface area contributed by atoms with Crippen LogP contribution in [0.4, 0.5) is 0 Å². The van der Waals surface area contributed by atoms with Crippen LogP contribution in [-0.2, 0) is 4.79 Å². The fourth-order valence-corrected chi connectivity index (χ4v) is 4.04. The normalized spacial score (nSPS) is 22.6.